The zero-order chi connectivity index (χ0) is 13.3. The maximum Gasteiger partial charge on any atom is 0.0406 e. The molecule has 0 radical (unpaired) electrons. The predicted octanol–water partition coefficient (Wildman–Crippen LogP) is 4.76. The lowest BCUT2D eigenvalue weighted by Gasteiger charge is -2.37. The molecule has 0 saturated heterocycles. The van der Waals surface area contributed by atoms with Crippen LogP contribution in [0.25, 0.3) is 0 Å². The lowest BCUT2D eigenvalue weighted by atomic mass is 9.75. The van der Waals surface area contributed by atoms with E-state index in [2.05, 4.69) is 24.4 Å². The first-order valence-electron chi connectivity index (χ1n) is 7.70. The molecule has 1 aromatic carbocycles. The Balaban J connectivity index is 1.42. The Bertz CT molecular complexity index is 415. The molecule has 104 valence electrons. The molecule has 1 N–H and O–H groups in total. The standard InChI is InChI=1S/C17H24ClN/c1-2-7-17(8-9-17)12-19-16-10-14(11-16)13-3-5-15(18)6-4-13/h3-6,14,16,19H,2,7-12H2,1H3. The third-order valence-corrected chi connectivity index (χ3v) is 5.23. The monoisotopic (exact) mass is 277 g/mol. The smallest absolute Gasteiger partial charge is 0.0406 e. The first kappa shape index (κ1) is 13.5. The molecule has 0 amide bonds. The van der Waals surface area contributed by atoms with Crippen molar-refractivity contribution in [2.45, 2.75) is 57.4 Å². The zero-order valence-electron chi connectivity index (χ0n) is 11.8. The number of halogens is 1. The molecule has 19 heavy (non-hydrogen) atoms. The Morgan fingerprint density at radius 1 is 1.21 bits per heavy atom. The Morgan fingerprint density at radius 2 is 1.89 bits per heavy atom. The van der Waals surface area contributed by atoms with Gasteiger partial charge in [0, 0.05) is 17.6 Å². The van der Waals surface area contributed by atoms with Crippen molar-refractivity contribution in [3.8, 4) is 0 Å². The van der Waals surface area contributed by atoms with Crippen molar-refractivity contribution in [3.63, 3.8) is 0 Å². The zero-order valence-corrected chi connectivity index (χ0v) is 12.5. The van der Waals surface area contributed by atoms with Gasteiger partial charge in [0.25, 0.3) is 0 Å². The largest absolute Gasteiger partial charge is 0.313 e. The van der Waals surface area contributed by atoms with Crippen molar-refractivity contribution in [3.05, 3.63) is 34.9 Å². The van der Waals surface area contributed by atoms with E-state index in [1.54, 1.807) is 0 Å². The Morgan fingerprint density at radius 3 is 2.47 bits per heavy atom. The van der Waals surface area contributed by atoms with Gasteiger partial charge in [-0.2, -0.15) is 0 Å². The van der Waals surface area contributed by atoms with Crippen molar-refractivity contribution in [2.75, 3.05) is 6.54 Å². The quantitative estimate of drug-likeness (QED) is 0.791. The second-order valence-electron chi connectivity index (χ2n) is 6.55. The van der Waals surface area contributed by atoms with E-state index in [1.807, 2.05) is 12.1 Å². The van der Waals surface area contributed by atoms with Crippen molar-refractivity contribution in [2.24, 2.45) is 5.41 Å². The Labute approximate surface area is 121 Å². The molecule has 1 aromatic rings. The second-order valence-corrected chi connectivity index (χ2v) is 6.98. The van der Waals surface area contributed by atoms with Gasteiger partial charge >= 0.3 is 0 Å². The van der Waals surface area contributed by atoms with Gasteiger partial charge in [-0.15, -0.1) is 0 Å². The SMILES string of the molecule is CCCC1(CNC2CC(c3ccc(Cl)cc3)C2)CC1. The summed E-state index contributed by atoms with van der Waals surface area (Å²) in [4.78, 5) is 0. The minimum atomic E-state index is 0.681. The Kier molecular flexibility index (Phi) is 3.86. The molecule has 0 heterocycles. The molecule has 0 unspecified atom stereocenters. The van der Waals surface area contributed by atoms with Gasteiger partial charge in [0.05, 0.1) is 0 Å². The molecule has 2 aliphatic carbocycles. The summed E-state index contributed by atoms with van der Waals surface area (Å²) >= 11 is 5.93. The van der Waals surface area contributed by atoms with Crippen LogP contribution in [0.15, 0.2) is 24.3 Å². The predicted molar refractivity (Wildman–Crippen MR) is 81.8 cm³/mol. The summed E-state index contributed by atoms with van der Waals surface area (Å²) in [5, 5.41) is 4.63. The van der Waals surface area contributed by atoms with Crippen LogP contribution < -0.4 is 5.32 Å². The molecule has 2 saturated carbocycles. The summed E-state index contributed by atoms with van der Waals surface area (Å²) < 4.78 is 0. The maximum atomic E-state index is 5.93. The van der Waals surface area contributed by atoms with Gasteiger partial charge < -0.3 is 5.32 Å². The van der Waals surface area contributed by atoms with Crippen LogP contribution in [0.1, 0.15) is 56.9 Å². The number of nitrogens with one attached hydrogen (secondary N) is 1. The van der Waals surface area contributed by atoms with Crippen LogP contribution >= 0.6 is 11.6 Å². The van der Waals surface area contributed by atoms with Crippen LogP contribution in [-0.2, 0) is 0 Å². The second kappa shape index (κ2) is 5.46. The highest BCUT2D eigenvalue weighted by Crippen LogP contribution is 2.49. The summed E-state index contributed by atoms with van der Waals surface area (Å²) in [5.74, 6) is 0.746. The average Bonchev–Trinajstić information content (AvgIpc) is 3.10. The van der Waals surface area contributed by atoms with Gasteiger partial charge in [-0.3, -0.25) is 0 Å². The summed E-state index contributed by atoms with van der Waals surface area (Å²) in [6.07, 6.45) is 8.23. The molecule has 0 aromatic heterocycles. The van der Waals surface area contributed by atoms with Crippen LogP contribution in [-0.4, -0.2) is 12.6 Å². The van der Waals surface area contributed by atoms with E-state index >= 15 is 0 Å². The molecule has 0 aliphatic heterocycles. The van der Waals surface area contributed by atoms with Gasteiger partial charge in [-0.05, 0) is 61.1 Å². The van der Waals surface area contributed by atoms with E-state index in [0.29, 0.717) is 5.41 Å². The molecular formula is C17H24ClN. The van der Waals surface area contributed by atoms with Gasteiger partial charge in [0.1, 0.15) is 0 Å². The summed E-state index contributed by atoms with van der Waals surface area (Å²) in [6.45, 7) is 3.55. The van der Waals surface area contributed by atoms with Gasteiger partial charge in [-0.25, -0.2) is 0 Å². The lowest BCUT2D eigenvalue weighted by molar-refractivity contribution is 0.266. The van der Waals surface area contributed by atoms with Crippen molar-refractivity contribution in [1.82, 2.24) is 5.32 Å². The topological polar surface area (TPSA) is 12.0 Å². The molecule has 0 bridgehead atoms. The van der Waals surface area contributed by atoms with E-state index in [0.717, 1.165) is 17.0 Å². The number of hydrogen-bond acceptors (Lipinski definition) is 1. The molecule has 1 nitrogen and oxygen atoms in total. The molecule has 2 fully saturated rings. The van der Waals surface area contributed by atoms with Gasteiger partial charge in [-0.1, -0.05) is 37.1 Å². The van der Waals surface area contributed by atoms with Gasteiger partial charge in [0.15, 0.2) is 0 Å². The Hall–Kier alpha value is -0.530. The van der Waals surface area contributed by atoms with Gasteiger partial charge in [0.2, 0.25) is 0 Å². The van der Waals surface area contributed by atoms with Crippen molar-refractivity contribution >= 4 is 11.6 Å². The minimum Gasteiger partial charge on any atom is -0.313 e. The van der Waals surface area contributed by atoms with Crippen molar-refractivity contribution in [1.29, 1.82) is 0 Å². The van der Waals surface area contributed by atoms with Crippen LogP contribution in [0.4, 0.5) is 0 Å². The van der Waals surface area contributed by atoms with Crippen LogP contribution in [0.2, 0.25) is 5.02 Å². The first-order valence-corrected chi connectivity index (χ1v) is 8.07. The lowest BCUT2D eigenvalue weighted by Crippen LogP contribution is -2.42. The van der Waals surface area contributed by atoms with Crippen molar-refractivity contribution < 1.29 is 0 Å². The molecule has 2 aliphatic rings. The highest BCUT2D eigenvalue weighted by atomic mass is 35.5. The molecule has 0 spiro atoms. The van der Waals surface area contributed by atoms with E-state index < -0.39 is 0 Å². The first-order chi connectivity index (χ1) is 9.21. The molecular weight excluding hydrogens is 254 g/mol. The van der Waals surface area contributed by atoms with E-state index in [-0.39, 0.29) is 0 Å². The van der Waals surface area contributed by atoms with E-state index in [9.17, 15) is 0 Å². The molecule has 2 heteroatoms. The highest BCUT2D eigenvalue weighted by Gasteiger charge is 2.42. The fraction of sp³-hybridized carbons (Fsp3) is 0.647. The average molecular weight is 278 g/mol. The third-order valence-electron chi connectivity index (χ3n) is 4.98. The summed E-state index contributed by atoms with van der Waals surface area (Å²) in [7, 11) is 0. The molecule has 3 rings (SSSR count). The maximum absolute atomic E-state index is 5.93. The van der Waals surface area contributed by atoms with Crippen LogP contribution in [0.3, 0.4) is 0 Å². The third kappa shape index (κ3) is 3.14. The van der Waals surface area contributed by atoms with Crippen LogP contribution in [0, 0.1) is 5.41 Å². The minimum absolute atomic E-state index is 0.681. The summed E-state index contributed by atoms with van der Waals surface area (Å²) in [5.41, 5.74) is 2.14. The number of hydrogen-bond donors (Lipinski definition) is 1. The van der Waals surface area contributed by atoms with Crippen LogP contribution in [0.5, 0.6) is 0 Å². The van der Waals surface area contributed by atoms with E-state index in [4.69, 9.17) is 11.6 Å². The number of rotatable bonds is 6. The summed E-state index contributed by atoms with van der Waals surface area (Å²) in [6, 6.07) is 9.14. The molecule has 0 atom stereocenters. The highest BCUT2D eigenvalue weighted by molar-refractivity contribution is 6.30. The fourth-order valence-corrected chi connectivity index (χ4v) is 3.50. The normalized spacial score (nSPS) is 27.9. The number of benzene rings is 1. The van der Waals surface area contributed by atoms with E-state index in [1.165, 1.54) is 50.6 Å². The fourth-order valence-electron chi connectivity index (χ4n) is 3.37.